The standard InChI is InChI=1S/C7H16N2O2S/c1-12(8,11)6-7(10)2-4-9-5-3-7/h8-10H,2-6H2,1H3. The molecule has 0 amide bonds. The number of rotatable bonds is 2. The van der Waals surface area contributed by atoms with E-state index in [9.17, 15) is 9.32 Å². The van der Waals surface area contributed by atoms with Gasteiger partial charge in [-0.15, -0.1) is 0 Å². The van der Waals surface area contributed by atoms with Crippen LogP contribution in [0.15, 0.2) is 0 Å². The van der Waals surface area contributed by atoms with Crippen LogP contribution >= 0.6 is 0 Å². The Morgan fingerprint density at radius 3 is 2.50 bits per heavy atom. The lowest BCUT2D eigenvalue weighted by Crippen LogP contribution is -2.46. The Morgan fingerprint density at radius 1 is 1.58 bits per heavy atom. The molecule has 0 aromatic carbocycles. The third kappa shape index (κ3) is 3.08. The Labute approximate surface area is 73.3 Å². The Bertz CT molecular complexity index is 242. The number of piperidine rings is 1. The normalized spacial score (nSPS) is 27.8. The molecule has 1 aliphatic heterocycles. The molecule has 1 rings (SSSR count). The summed E-state index contributed by atoms with van der Waals surface area (Å²) < 4.78 is 18.4. The number of nitrogens with one attached hydrogen (secondary N) is 2. The van der Waals surface area contributed by atoms with Crippen molar-refractivity contribution in [1.82, 2.24) is 5.32 Å². The summed E-state index contributed by atoms with van der Waals surface area (Å²) in [5.74, 6) is 0.113. The molecular weight excluding hydrogens is 176 g/mol. The largest absolute Gasteiger partial charge is 0.389 e. The van der Waals surface area contributed by atoms with E-state index in [1.165, 1.54) is 6.26 Å². The molecule has 0 radical (unpaired) electrons. The smallest absolute Gasteiger partial charge is 0.0795 e. The fourth-order valence-corrected chi connectivity index (χ4v) is 2.86. The van der Waals surface area contributed by atoms with Gasteiger partial charge in [-0.1, -0.05) is 0 Å². The predicted molar refractivity (Wildman–Crippen MR) is 48.7 cm³/mol. The van der Waals surface area contributed by atoms with Crippen molar-refractivity contribution in [2.24, 2.45) is 0 Å². The minimum atomic E-state index is -2.56. The van der Waals surface area contributed by atoms with Crippen LogP contribution in [-0.2, 0) is 9.73 Å². The van der Waals surface area contributed by atoms with E-state index in [4.69, 9.17) is 4.78 Å². The van der Waals surface area contributed by atoms with Gasteiger partial charge in [0, 0.05) is 16.0 Å². The van der Waals surface area contributed by atoms with E-state index in [0.717, 1.165) is 13.1 Å². The van der Waals surface area contributed by atoms with Crippen LogP contribution in [0.25, 0.3) is 0 Å². The van der Waals surface area contributed by atoms with Gasteiger partial charge >= 0.3 is 0 Å². The van der Waals surface area contributed by atoms with E-state index in [2.05, 4.69) is 5.32 Å². The maximum absolute atomic E-state index is 11.1. The lowest BCUT2D eigenvalue weighted by Gasteiger charge is -2.32. The lowest BCUT2D eigenvalue weighted by atomic mass is 9.95. The van der Waals surface area contributed by atoms with E-state index in [0.29, 0.717) is 12.8 Å². The fourth-order valence-electron chi connectivity index (χ4n) is 1.55. The van der Waals surface area contributed by atoms with Gasteiger partial charge in [0.15, 0.2) is 0 Å². The first-order valence-corrected chi connectivity index (χ1v) is 6.19. The van der Waals surface area contributed by atoms with Gasteiger partial charge in [-0.05, 0) is 25.9 Å². The summed E-state index contributed by atoms with van der Waals surface area (Å²) in [6.07, 6.45) is 2.60. The van der Waals surface area contributed by atoms with Crippen LogP contribution < -0.4 is 5.32 Å². The van der Waals surface area contributed by atoms with Gasteiger partial charge in [0.1, 0.15) is 0 Å². The number of hydrogen-bond acceptors (Lipinski definition) is 4. The SMILES string of the molecule is CS(=N)(=O)CC1(O)CCNCC1. The zero-order valence-corrected chi connectivity index (χ0v) is 8.12. The first-order valence-electron chi connectivity index (χ1n) is 4.06. The minimum Gasteiger partial charge on any atom is -0.389 e. The second-order valence-corrected chi connectivity index (χ2v) is 5.92. The summed E-state index contributed by atoms with van der Waals surface area (Å²) in [5, 5.41) is 13.0. The summed E-state index contributed by atoms with van der Waals surface area (Å²) in [7, 11) is -2.56. The maximum Gasteiger partial charge on any atom is 0.0795 e. The molecule has 3 N–H and O–H groups in total. The summed E-state index contributed by atoms with van der Waals surface area (Å²) >= 11 is 0. The first-order chi connectivity index (χ1) is 5.41. The van der Waals surface area contributed by atoms with Crippen molar-refractivity contribution >= 4 is 9.73 Å². The second-order valence-electron chi connectivity index (χ2n) is 3.62. The molecule has 0 bridgehead atoms. The average molecular weight is 192 g/mol. The third-order valence-corrected chi connectivity index (χ3v) is 3.17. The van der Waals surface area contributed by atoms with Gasteiger partial charge in [-0.25, -0.2) is 0 Å². The molecule has 1 heterocycles. The molecule has 1 fully saturated rings. The van der Waals surface area contributed by atoms with Crippen LogP contribution in [0.5, 0.6) is 0 Å². The highest BCUT2D eigenvalue weighted by molar-refractivity contribution is 7.91. The summed E-state index contributed by atoms with van der Waals surface area (Å²) in [6, 6.07) is 0. The van der Waals surface area contributed by atoms with Gasteiger partial charge in [0.05, 0.1) is 11.4 Å². The van der Waals surface area contributed by atoms with Crippen LogP contribution in [0, 0.1) is 4.78 Å². The number of aliphatic hydroxyl groups is 1. The van der Waals surface area contributed by atoms with E-state index in [1.807, 2.05) is 0 Å². The van der Waals surface area contributed by atoms with Crippen molar-refractivity contribution in [3.63, 3.8) is 0 Å². The van der Waals surface area contributed by atoms with Gasteiger partial charge in [0.25, 0.3) is 0 Å². The number of hydrogen-bond donors (Lipinski definition) is 3. The van der Waals surface area contributed by atoms with Crippen LogP contribution in [0.3, 0.4) is 0 Å². The molecule has 1 saturated heterocycles. The van der Waals surface area contributed by atoms with Crippen molar-refractivity contribution in [1.29, 1.82) is 4.78 Å². The maximum atomic E-state index is 11.1. The fraction of sp³-hybridized carbons (Fsp3) is 1.00. The highest BCUT2D eigenvalue weighted by Crippen LogP contribution is 2.19. The Kier molecular flexibility index (Phi) is 2.75. The van der Waals surface area contributed by atoms with E-state index >= 15 is 0 Å². The molecule has 0 spiro atoms. The molecule has 0 aromatic heterocycles. The van der Waals surface area contributed by atoms with Gasteiger partial charge in [-0.3, -0.25) is 8.99 Å². The molecule has 0 saturated carbocycles. The highest BCUT2D eigenvalue weighted by atomic mass is 32.2. The first kappa shape index (κ1) is 9.95. The molecule has 5 heteroatoms. The summed E-state index contributed by atoms with van der Waals surface area (Å²) in [5.41, 5.74) is -0.862. The van der Waals surface area contributed by atoms with Crippen molar-refractivity contribution in [3.8, 4) is 0 Å². The average Bonchev–Trinajstić information content (AvgIpc) is 1.83. The molecule has 0 aromatic rings. The van der Waals surface area contributed by atoms with E-state index < -0.39 is 15.3 Å². The topological polar surface area (TPSA) is 73.2 Å². The van der Waals surface area contributed by atoms with Crippen molar-refractivity contribution < 1.29 is 9.32 Å². The third-order valence-electron chi connectivity index (χ3n) is 2.08. The van der Waals surface area contributed by atoms with E-state index in [-0.39, 0.29) is 5.75 Å². The van der Waals surface area contributed by atoms with Crippen LogP contribution in [0.1, 0.15) is 12.8 Å². The van der Waals surface area contributed by atoms with Crippen molar-refractivity contribution in [2.75, 3.05) is 25.1 Å². The summed E-state index contributed by atoms with van der Waals surface area (Å²) in [4.78, 5) is 0. The highest BCUT2D eigenvalue weighted by Gasteiger charge is 2.31. The summed E-state index contributed by atoms with van der Waals surface area (Å²) in [6.45, 7) is 1.51. The Morgan fingerprint density at radius 2 is 2.08 bits per heavy atom. The zero-order chi connectivity index (χ0) is 9.24. The zero-order valence-electron chi connectivity index (χ0n) is 7.30. The Balaban J connectivity index is 2.59. The molecule has 1 aliphatic rings. The monoisotopic (exact) mass is 192 g/mol. The van der Waals surface area contributed by atoms with Gasteiger partial charge in [-0.2, -0.15) is 0 Å². The lowest BCUT2D eigenvalue weighted by molar-refractivity contribution is 0.0329. The molecular formula is C7H16N2O2S. The predicted octanol–water partition coefficient (Wildman–Crippen LogP) is -0.223. The molecule has 1 unspecified atom stereocenters. The van der Waals surface area contributed by atoms with Crippen LogP contribution in [-0.4, -0.2) is 40.0 Å². The minimum absolute atomic E-state index is 0.113. The second kappa shape index (κ2) is 3.32. The molecule has 72 valence electrons. The van der Waals surface area contributed by atoms with Crippen molar-refractivity contribution in [3.05, 3.63) is 0 Å². The molecule has 1 atom stereocenters. The van der Waals surface area contributed by atoms with Gasteiger partial charge in [0.2, 0.25) is 0 Å². The van der Waals surface area contributed by atoms with E-state index in [1.54, 1.807) is 0 Å². The quantitative estimate of drug-likeness (QED) is 0.566. The molecule has 4 nitrogen and oxygen atoms in total. The molecule has 0 aliphatic carbocycles. The van der Waals surface area contributed by atoms with Crippen LogP contribution in [0.2, 0.25) is 0 Å². The van der Waals surface area contributed by atoms with Crippen LogP contribution in [0.4, 0.5) is 0 Å². The Hall–Kier alpha value is -0.130. The van der Waals surface area contributed by atoms with Crippen molar-refractivity contribution in [2.45, 2.75) is 18.4 Å². The van der Waals surface area contributed by atoms with Gasteiger partial charge < -0.3 is 10.4 Å². The molecule has 12 heavy (non-hydrogen) atoms.